The van der Waals surface area contributed by atoms with Crippen LogP contribution < -0.4 is 10.2 Å². The number of ether oxygens (including phenoxy) is 1. The van der Waals surface area contributed by atoms with Crippen LogP contribution in [0.2, 0.25) is 0 Å². The number of halogens is 5. The number of nitrogens with zero attached hydrogens (tertiary/aromatic N) is 1. The van der Waals surface area contributed by atoms with Crippen LogP contribution in [-0.4, -0.2) is 19.2 Å². The fourth-order valence-electron chi connectivity index (χ4n) is 1.70. The summed E-state index contributed by atoms with van der Waals surface area (Å²) in [6, 6.07) is 5.76. The van der Waals surface area contributed by atoms with Gasteiger partial charge in [-0.15, -0.1) is 0 Å². The van der Waals surface area contributed by atoms with Gasteiger partial charge in [0.2, 0.25) is 5.82 Å². The number of amides is 1. The smallest absolute Gasteiger partial charge is 0.271 e. The number of hydrogen-bond donors (Lipinski definition) is 1. The van der Waals surface area contributed by atoms with Crippen molar-refractivity contribution < 1.29 is 31.5 Å². The Balaban J connectivity index is 2.18. The summed E-state index contributed by atoms with van der Waals surface area (Å²) in [5.74, 6) is -10.8. The van der Waals surface area contributed by atoms with Crippen LogP contribution in [0.1, 0.15) is 15.9 Å². The van der Waals surface area contributed by atoms with Crippen LogP contribution >= 0.6 is 0 Å². The highest BCUT2D eigenvalue weighted by molar-refractivity contribution is 5.95. The predicted octanol–water partition coefficient (Wildman–Crippen LogP) is 3.15. The van der Waals surface area contributed by atoms with Gasteiger partial charge in [-0.25, -0.2) is 27.4 Å². The zero-order chi connectivity index (χ0) is 17.9. The van der Waals surface area contributed by atoms with Gasteiger partial charge in [0.15, 0.2) is 23.3 Å². The number of hydrogen-bond acceptors (Lipinski definition) is 3. The SMILES string of the molecule is COc1ccc(C(=O)N/N=C/c2c(F)c(F)c(F)c(F)c2F)cc1. The van der Waals surface area contributed by atoms with E-state index in [4.69, 9.17) is 4.74 Å². The second kappa shape index (κ2) is 7.07. The number of carbonyl (C=O) groups excluding carboxylic acids is 1. The maximum Gasteiger partial charge on any atom is 0.271 e. The molecule has 2 aromatic rings. The molecule has 4 nitrogen and oxygen atoms in total. The Hall–Kier alpha value is -2.97. The highest BCUT2D eigenvalue weighted by Crippen LogP contribution is 2.21. The highest BCUT2D eigenvalue weighted by Gasteiger charge is 2.24. The largest absolute Gasteiger partial charge is 0.497 e. The number of benzene rings is 2. The zero-order valence-electron chi connectivity index (χ0n) is 12.0. The third kappa shape index (κ3) is 3.34. The standard InChI is InChI=1S/C15H9F5N2O2/c1-24-8-4-2-7(3-5-8)15(23)22-21-6-9-10(16)12(18)14(20)13(19)11(9)17/h2-6H,1H3,(H,22,23)/b21-6+. The molecule has 24 heavy (non-hydrogen) atoms. The number of hydrazone groups is 1. The van der Waals surface area contributed by atoms with Gasteiger partial charge >= 0.3 is 0 Å². The van der Waals surface area contributed by atoms with Gasteiger partial charge in [-0.3, -0.25) is 4.79 Å². The van der Waals surface area contributed by atoms with E-state index in [2.05, 4.69) is 5.10 Å². The monoisotopic (exact) mass is 344 g/mol. The number of carbonyl (C=O) groups is 1. The Kier molecular flexibility index (Phi) is 5.12. The van der Waals surface area contributed by atoms with Crippen molar-refractivity contribution in [3.63, 3.8) is 0 Å². The molecule has 2 rings (SSSR count). The van der Waals surface area contributed by atoms with E-state index in [0.717, 1.165) is 0 Å². The van der Waals surface area contributed by atoms with Gasteiger partial charge in [0.25, 0.3) is 5.91 Å². The summed E-state index contributed by atoms with van der Waals surface area (Å²) in [6.45, 7) is 0. The van der Waals surface area contributed by atoms with Crippen molar-refractivity contribution in [3.8, 4) is 5.75 Å². The van der Waals surface area contributed by atoms with Crippen LogP contribution in [0.15, 0.2) is 29.4 Å². The lowest BCUT2D eigenvalue weighted by atomic mass is 10.2. The van der Waals surface area contributed by atoms with Crippen LogP contribution in [-0.2, 0) is 0 Å². The molecular weight excluding hydrogens is 335 g/mol. The van der Waals surface area contributed by atoms with Crippen LogP contribution in [0.5, 0.6) is 5.75 Å². The lowest BCUT2D eigenvalue weighted by Crippen LogP contribution is -2.18. The van der Waals surface area contributed by atoms with Crippen molar-refractivity contribution in [1.82, 2.24) is 5.43 Å². The van der Waals surface area contributed by atoms with Crippen LogP contribution in [0.25, 0.3) is 0 Å². The van der Waals surface area contributed by atoms with E-state index < -0.39 is 40.6 Å². The molecule has 1 N–H and O–H groups in total. The first kappa shape index (κ1) is 17.4. The predicted molar refractivity (Wildman–Crippen MR) is 74.3 cm³/mol. The second-order valence-electron chi connectivity index (χ2n) is 4.41. The van der Waals surface area contributed by atoms with E-state index >= 15 is 0 Å². The zero-order valence-corrected chi connectivity index (χ0v) is 12.0. The number of nitrogens with one attached hydrogen (secondary N) is 1. The molecular formula is C15H9F5N2O2. The molecule has 1 amide bonds. The molecule has 0 aliphatic carbocycles. The molecule has 0 fully saturated rings. The Labute approximate surface area is 132 Å². The number of rotatable bonds is 4. The Bertz CT molecular complexity index is 777. The minimum atomic E-state index is -2.27. The van der Waals surface area contributed by atoms with Crippen molar-refractivity contribution in [2.45, 2.75) is 0 Å². The first-order chi connectivity index (χ1) is 11.4. The Morgan fingerprint density at radius 1 is 0.958 bits per heavy atom. The lowest BCUT2D eigenvalue weighted by Gasteiger charge is -2.04. The first-order valence-electron chi connectivity index (χ1n) is 6.35. The molecule has 0 saturated carbocycles. The van der Waals surface area contributed by atoms with E-state index in [0.29, 0.717) is 12.0 Å². The highest BCUT2D eigenvalue weighted by atomic mass is 19.2. The normalized spacial score (nSPS) is 10.9. The summed E-state index contributed by atoms with van der Waals surface area (Å²) < 4.78 is 70.6. The second-order valence-corrected chi connectivity index (χ2v) is 4.41. The van der Waals surface area contributed by atoms with Crippen LogP contribution in [0.4, 0.5) is 22.0 Å². The molecule has 0 aliphatic heterocycles. The average molecular weight is 344 g/mol. The van der Waals surface area contributed by atoms with Crippen LogP contribution in [0, 0.1) is 29.1 Å². The molecule has 0 unspecified atom stereocenters. The quantitative estimate of drug-likeness (QED) is 0.305. The molecule has 0 heterocycles. The maximum atomic E-state index is 13.4. The van der Waals surface area contributed by atoms with Crippen molar-refractivity contribution in [2.24, 2.45) is 5.10 Å². The summed E-state index contributed by atoms with van der Waals surface area (Å²) >= 11 is 0. The summed E-state index contributed by atoms with van der Waals surface area (Å²) in [4.78, 5) is 11.7. The van der Waals surface area contributed by atoms with E-state index in [1.54, 1.807) is 0 Å². The van der Waals surface area contributed by atoms with Crippen molar-refractivity contribution in [2.75, 3.05) is 7.11 Å². The minimum absolute atomic E-state index is 0.144. The van der Waals surface area contributed by atoms with Crippen molar-refractivity contribution >= 4 is 12.1 Å². The maximum absolute atomic E-state index is 13.4. The van der Waals surface area contributed by atoms with Gasteiger partial charge in [-0.1, -0.05) is 0 Å². The minimum Gasteiger partial charge on any atom is -0.497 e. The molecule has 9 heteroatoms. The molecule has 0 radical (unpaired) electrons. The van der Waals surface area contributed by atoms with E-state index in [1.807, 2.05) is 5.43 Å². The van der Waals surface area contributed by atoms with Crippen molar-refractivity contribution in [3.05, 3.63) is 64.5 Å². The van der Waals surface area contributed by atoms with E-state index in [-0.39, 0.29) is 5.56 Å². The third-order valence-corrected chi connectivity index (χ3v) is 2.96. The summed E-state index contributed by atoms with van der Waals surface area (Å²) in [5, 5.41) is 3.20. The van der Waals surface area contributed by atoms with E-state index in [1.165, 1.54) is 31.4 Å². The average Bonchev–Trinajstić information content (AvgIpc) is 2.61. The van der Waals surface area contributed by atoms with Gasteiger partial charge in [0.1, 0.15) is 5.75 Å². The third-order valence-electron chi connectivity index (χ3n) is 2.96. The topological polar surface area (TPSA) is 50.7 Å². The molecule has 0 saturated heterocycles. The van der Waals surface area contributed by atoms with E-state index in [9.17, 15) is 26.7 Å². The first-order valence-corrected chi connectivity index (χ1v) is 6.35. The fraction of sp³-hybridized carbons (Fsp3) is 0.0667. The summed E-state index contributed by atoms with van der Waals surface area (Å²) in [6.07, 6.45) is 0.331. The number of methoxy groups -OCH3 is 1. The van der Waals surface area contributed by atoms with Gasteiger partial charge in [0.05, 0.1) is 18.9 Å². The molecule has 2 aromatic carbocycles. The molecule has 0 bridgehead atoms. The fourth-order valence-corrected chi connectivity index (χ4v) is 1.70. The molecule has 0 spiro atoms. The van der Waals surface area contributed by atoms with Gasteiger partial charge in [0, 0.05) is 5.56 Å². The van der Waals surface area contributed by atoms with Gasteiger partial charge in [-0.05, 0) is 24.3 Å². The van der Waals surface area contributed by atoms with Crippen molar-refractivity contribution in [1.29, 1.82) is 0 Å². The summed E-state index contributed by atoms with van der Waals surface area (Å²) in [5.41, 5.74) is 0.792. The van der Waals surface area contributed by atoms with Crippen LogP contribution in [0.3, 0.4) is 0 Å². The lowest BCUT2D eigenvalue weighted by molar-refractivity contribution is 0.0955. The molecule has 0 aliphatic rings. The molecule has 0 aromatic heterocycles. The summed E-state index contributed by atoms with van der Waals surface area (Å²) in [7, 11) is 1.43. The molecule has 0 atom stereocenters. The van der Waals surface area contributed by atoms with Gasteiger partial charge < -0.3 is 4.74 Å². The Morgan fingerprint density at radius 2 is 1.46 bits per heavy atom. The van der Waals surface area contributed by atoms with Gasteiger partial charge in [-0.2, -0.15) is 5.10 Å². The molecule has 126 valence electrons. The Morgan fingerprint density at radius 3 is 1.96 bits per heavy atom.